The maximum atomic E-state index is 4.03. The summed E-state index contributed by atoms with van der Waals surface area (Å²) in [5, 5.41) is 9.19. The zero-order chi connectivity index (χ0) is 33.4. The molecule has 237 valence electrons. The average Bonchev–Trinajstić information content (AvgIpc) is 3.68. The Hall–Kier alpha value is -5.97. The Morgan fingerprint density at radius 1 is 0.510 bits per heavy atom. The zero-order valence-electron chi connectivity index (χ0n) is 27.9. The summed E-state index contributed by atoms with van der Waals surface area (Å²) in [5.74, 6) is 0. The highest BCUT2D eigenvalue weighted by atomic mass is 32.3. The first kappa shape index (κ1) is 27.8. The molecule has 1 spiro atoms. The molecule has 12 rings (SSSR count). The molecule has 4 heterocycles. The van der Waals surface area contributed by atoms with Gasteiger partial charge in [-0.15, -0.1) is 10.0 Å². The summed E-state index contributed by atoms with van der Waals surface area (Å²) in [6.45, 7) is 2.25. The predicted octanol–water partition coefficient (Wildman–Crippen LogP) is 11.3. The van der Waals surface area contributed by atoms with Crippen LogP contribution in [-0.4, -0.2) is 11.8 Å². The van der Waals surface area contributed by atoms with Crippen molar-refractivity contribution in [2.24, 2.45) is 0 Å². The van der Waals surface area contributed by atoms with Gasteiger partial charge in [-0.3, -0.25) is 0 Å². The molecule has 51 heavy (non-hydrogen) atoms. The lowest BCUT2D eigenvalue weighted by Crippen LogP contribution is -2.37. The average molecular weight is 666 g/mol. The molecule has 1 N–H and O–H groups in total. The number of para-hydroxylation sites is 3. The van der Waals surface area contributed by atoms with Crippen LogP contribution < -0.4 is 16.2 Å². The highest BCUT2D eigenvalue weighted by molar-refractivity contribution is 8.34. The molecule has 0 aliphatic carbocycles. The van der Waals surface area contributed by atoms with Crippen molar-refractivity contribution in [1.29, 1.82) is 0 Å². The van der Waals surface area contributed by atoms with E-state index in [1.54, 1.807) is 0 Å². The molecular formula is C47H30BN2S. The van der Waals surface area contributed by atoms with Gasteiger partial charge < -0.3 is 9.88 Å². The molecule has 0 saturated heterocycles. The molecule has 1 radical (unpaired) electrons. The van der Waals surface area contributed by atoms with Crippen molar-refractivity contribution in [1.82, 2.24) is 4.57 Å². The van der Waals surface area contributed by atoms with E-state index in [0.29, 0.717) is 0 Å². The van der Waals surface area contributed by atoms with Crippen LogP contribution in [-0.2, 0) is 0 Å². The second-order valence-corrected chi connectivity index (χ2v) is 17.0. The largest absolute Gasteiger partial charge is 0.353 e. The van der Waals surface area contributed by atoms with E-state index in [2.05, 4.69) is 182 Å². The Bertz CT molecular complexity index is 2960. The molecule has 0 fully saturated rings. The number of rotatable bonds is 1. The first-order valence-electron chi connectivity index (χ1n) is 17.7. The van der Waals surface area contributed by atoms with Crippen LogP contribution in [0.25, 0.3) is 60.5 Å². The van der Waals surface area contributed by atoms with E-state index in [0.717, 1.165) is 0 Å². The predicted molar refractivity (Wildman–Crippen MR) is 216 cm³/mol. The number of nitrogens with one attached hydrogen (secondary N) is 1. The zero-order valence-corrected chi connectivity index (χ0v) is 28.8. The molecular weight excluding hydrogens is 635 g/mol. The third-order valence-corrected chi connectivity index (χ3v) is 15.4. The highest BCUT2D eigenvalue weighted by Gasteiger charge is 2.46. The lowest BCUT2D eigenvalue weighted by Gasteiger charge is -2.45. The van der Waals surface area contributed by atoms with Gasteiger partial charge in [0.2, 0.25) is 0 Å². The van der Waals surface area contributed by atoms with E-state index < -0.39 is 10.0 Å². The summed E-state index contributed by atoms with van der Waals surface area (Å²) in [7, 11) is 0.672. The van der Waals surface area contributed by atoms with Crippen LogP contribution in [0, 0.1) is 6.92 Å². The second-order valence-electron chi connectivity index (χ2n) is 14.1. The van der Waals surface area contributed by atoms with E-state index in [9.17, 15) is 0 Å². The summed E-state index contributed by atoms with van der Waals surface area (Å²) < 4.78 is 2.56. The SMILES string of the molecule is Cc1cc(-c2cccc3c2Nc2ccccc2S32c3ccccc3-c3ccccc32)c2c(c1)-n1c3c(cccc3c3ccc4ccccc4c31)[B]2. The number of aromatic nitrogens is 1. The number of aryl methyl sites for hydroxylation is 1. The number of hydrogen-bond donors (Lipinski definition) is 1. The first-order valence-corrected chi connectivity index (χ1v) is 19.3. The van der Waals surface area contributed by atoms with Crippen LogP contribution in [0.4, 0.5) is 11.4 Å². The van der Waals surface area contributed by atoms with Crippen LogP contribution in [0.3, 0.4) is 0 Å². The van der Waals surface area contributed by atoms with Crippen molar-refractivity contribution < 1.29 is 0 Å². The molecule has 8 aromatic carbocycles. The molecule has 9 aromatic rings. The second kappa shape index (κ2) is 9.84. The normalized spacial score (nSPS) is 14.7. The van der Waals surface area contributed by atoms with Crippen LogP contribution in [0.15, 0.2) is 177 Å². The first-order chi connectivity index (χ1) is 25.2. The van der Waals surface area contributed by atoms with Gasteiger partial charge >= 0.3 is 0 Å². The maximum absolute atomic E-state index is 4.03. The molecule has 2 nitrogen and oxygen atoms in total. The van der Waals surface area contributed by atoms with Gasteiger partial charge in [0.15, 0.2) is 7.28 Å². The summed E-state index contributed by atoms with van der Waals surface area (Å²) in [6, 6.07) is 59.3. The molecule has 1 aromatic heterocycles. The van der Waals surface area contributed by atoms with Crippen molar-refractivity contribution in [3.8, 4) is 27.9 Å². The van der Waals surface area contributed by atoms with Gasteiger partial charge in [-0.25, -0.2) is 0 Å². The van der Waals surface area contributed by atoms with Crippen LogP contribution >= 0.6 is 10.0 Å². The number of anilines is 2. The quantitative estimate of drug-likeness (QED) is 0.173. The van der Waals surface area contributed by atoms with Crippen molar-refractivity contribution in [3.05, 3.63) is 163 Å². The van der Waals surface area contributed by atoms with Crippen molar-refractivity contribution in [2.45, 2.75) is 26.5 Å². The summed E-state index contributed by atoms with van der Waals surface area (Å²) in [6.07, 6.45) is 0. The molecule has 0 unspecified atom stereocenters. The minimum atomic E-state index is -1.76. The number of benzene rings is 8. The molecule has 0 atom stereocenters. The number of nitrogens with zero attached hydrogens (tertiary/aromatic N) is 1. The number of fused-ring (bicyclic) bond motifs is 16. The topological polar surface area (TPSA) is 17.0 Å². The van der Waals surface area contributed by atoms with Gasteiger partial charge in [-0.1, -0.05) is 127 Å². The minimum absolute atomic E-state index is 1.19. The van der Waals surface area contributed by atoms with Gasteiger partial charge in [-0.2, -0.15) is 0 Å². The Morgan fingerprint density at radius 3 is 2.00 bits per heavy atom. The van der Waals surface area contributed by atoms with Gasteiger partial charge in [0.05, 0.1) is 16.9 Å². The van der Waals surface area contributed by atoms with Gasteiger partial charge in [0.1, 0.15) is 0 Å². The van der Waals surface area contributed by atoms with Gasteiger partial charge in [0.25, 0.3) is 0 Å². The fourth-order valence-corrected chi connectivity index (χ4v) is 13.9. The van der Waals surface area contributed by atoms with Gasteiger partial charge in [-0.05, 0) is 76.4 Å². The standard InChI is InChI=1S/C47H30BN2S/c1-28-26-36(44-39(27-28)50-46-30-13-3-2-12-29(30)24-25-35(46)34-17-10-18-37(48-44)47(34)50)33-16-11-23-43-45(33)49-38-19-6-9-22-42(38)51(43)40-20-7-4-14-31(40)32-15-5-8-21-41(32)51/h2-27,49H,1H3. The van der Waals surface area contributed by atoms with Gasteiger partial charge in [0, 0.05) is 52.5 Å². The van der Waals surface area contributed by atoms with E-state index in [1.165, 1.54) is 108 Å². The third kappa shape index (κ3) is 3.41. The van der Waals surface area contributed by atoms with Crippen LogP contribution in [0.1, 0.15) is 5.56 Å². The molecule has 3 aliphatic heterocycles. The fourth-order valence-electron chi connectivity index (χ4n) is 9.44. The minimum Gasteiger partial charge on any atom is -0.353 e. The van der Waals surface area contributed by atoms with Crippen LogP contribution in [0.5, 0.6) is 0 Å². The highest BCUT2D eigenvalue weighted by Crippen LogP contribution is 2.83. The summed E-state index contributed by atoms with van der Waals surface area (Å²) >= 11 is 0. The monoisotopic (exact) mass is 665 g/mol. The fraction of sp³-hybridized carbons (Fsp3) is 0.0213. The lowest BCUT2D eigenvalue weighted by molar-refractivity contribution is 1.19. The molecule has 0 bridgehead atoms. The lowest BCUT2D eigenvalue weighted by atomic mass is 9.59. The third-order valence-electron chi connectivity index (χ3n) is 11.4. The number of hydrogen-bond acceptors (Lipinski definition) is 1. The smallest absolute Gasteiger partial charge is 0.197 e. The van der Waals surface area contributed by atoms with E-state index in [-0.39, 0.29) is 0 Å². The molecule has 4 heteroatoms. The molecule has 3 aliphatic rings. The molecule has 0 saturated carbocycles. The van der Waals surface area contributed by atoms with Crippen molar-refractivity contribution >= 4 is 72.2 Å². The summed E-state index contributed by atoms with van der Waals surface area (Å²) in [5.41, 5.74) is 15.2. The summed E-state index contributed by atoms with van der Waals surface area (Å²) in [4.78, 5) is 5.62. The van der Waals surface area contributed by atoms with Crippen LogP contribution in [0.2, 0.25) is 0 Å². The Labute approximate surface area is 298 Å². The van der Waals surface area contributed by atoms with E-state index >= 15 is 0 Å². The Balaban J connectivity index is 1.19. The van der Waals surface area contributed by atoms with Crippen molar-refractivity contribution in [2.75, 3.05) is 5.32 Å². The molecule has 0 amide bonds. The van der Waals surface area contributed by atoms with E-state index in [4.69, 9.17) is 0 Å². The van der Waals surface area contributed by atoms with E-state index in [1.807, 2.05) is 0 Å². The van der Waals surface area contributed by atoms with Crippen molar-refractivity contribution in [3.63, 3.8) is 0 Å². The maximum Gasteiger partial charge on any atom is 0.197 e. The Morgan fingerprint density at radius 2 is 1.16 bits per heavy atom. The Kier molecular flexibility index (Phi) is 5.37.